The number of hydrogen-bond acceptors (Lipinski definition) is 2. The minimum atomic E-state index is -0.198. The van der Waals surface area contributed by atoms with Crippen molar-refractivity contribution >= 4 is 11.0 Å². The molecule has 0 aliphatic carbocycles. The van der Waals surface area contributed by atoms with Crippen molar-refractivity contribution in [3.05, 3.63) is 29.8 Å². The quantitative estimate of drug-likeness (QED) is 0.866. The molecular formula is C15H22FN3. The van der Waals surface area contributed by atoms with Crippen LogP contribution in [0.15, 0.2) is 18.2 Å². The fourth-order valence-electron chi connectivity index (χ4n) is 2.40. The van der Waals surface area contributed by atoms with Crippen LogP contribution in [0.5, 0.6) is 0 Å². The maximum Gasteiger partial charge on any atom is 0.125 e. The largest absolute Gasteiger partial charge is 0.328 e. The fourth-order valence-corrected chi connectivity index (χ4v) is 2.40. The third kappa shape index (κ3) is 2.95. The molecule has 0 bridgehead atoms. The molecule has 1 heterocycles. The summed E-state index contributed by atoms with van der Waals surface area (Å²) in [6, 6.07) is 4.83. The van der Waals surface area contributed by atoms with Crippen molar-refractivity contribution in [3.63, 3.8) is 0 Å². The van der Waals surface area contributed by atoms with Crippen molar-refractivity contribution in [2.75, 3.05) is 13.1 Å². The number of imidazole rings is 1. The van der Waals surface area contributed by atoms with Gasteiger partial charge in [0.1, 0.15) is 11.6 Å². The molecule has 2 aromatic rings. The highest BCUT2D eigenvalue weighted by atomic mass is 19.1. The first kappa shape index (κ1) is 14.0. The first-order valence-corrected chi connectivity index (χ1v) is 7.03. The summed E-state index contributed by atoms with van der Waals surface area (Å²) >= 11 is 0. The predicted molar refractivity (Wildman–Crippen MR) is 76.9 cm³/mol. The average molecular weight is 263 g/mol. The first-order chi connectivity index (χ1) is 9.17. The number of fused-ring (bicyclic) bond motifs is 1. The Kier molecular flexibility index (Phi) is 4.53. The van der Waals surface area contributed by atoms with Gasteiger partial charge in [-0.25, -0.2) is 9.37 Å². The van der Waals surface area contributed by atoms with Gasteiger partial charge in [-0.1, -0.05) is 20.8 Å². The smallest absolute Gasteiger partial charge is 0.125 e. The zero-order valence-corrected chi connectivity index (χ0v) is 11.9. The Morgan fingerprint density at radius 1 is 1.37 bits per heavy atom. The number of likely N-dealkylation sites (N-methyl/N-ethyl adjacent to an activating group) is 1. The van der Waals surface area contributed by atoms with Gasteiger partial charge < -0.3 is 9.88 Å². The lowest BCUT2D eigenvalue weighted by Crippen LogP contribution is -2.21. The Labute approximate surface area is 113 Å². The number of nitrogens with one attached hydrogen (secondary N) is 1. The Hall–Kier alpha value is -1.42. The van der Waals surface area contributed by atoms with E-state index in [2.05, 4.69) is 35.6 Å². The number of aromatic nitrogens is 2. The zero-order chi connectivity index (χ0) is 13.8. The molecule has 1 aromatic carbocycles. The topological polar surface area (TPSA) is 29.9 Å². The fraction of sp³-hybridized carbons (Fsp3) is 0.533. The third-order valence-electron chi connectivity index (χ3n) is 3.33. The van der Waals surface area contributed by atoms with E-state index in [9.17, 15) is 4.39 Å². The molecule has 104 valence electrons. The van der Waals surface area contributed by atoms with Gasteiger partial charge in [0.2, 0.25) is 0 Å². The highest BCUT2D eigenvalue weighted by Gasteiger charge is 2.16. The van der Waals surface area contributed by atoms with Crippen LogP contribution in [0, 0.1) is 5.82 Å². The summed E-state index contributed by atoms with van der Waals surface area (Å²) < 4.78 is 15.6. The van der Waals surface area contributed by atoms with E-state index in [4.69, 9.17) is 0 Å². The number of benzene rings is 1. The molecule has 0 radical (unpaired) electrons. The summed E-state index contributed by atoms with van der Waals surface area (Å²) in [6.07, 6.45) is 1.02. The van der Waals surface area contributed by atoms with Crippen molar-refractivity contribution in [2.24, 2.45) is 0 Å². The van der Waals surface area contributed by atoms with Gasteiger partial charge in [0.05, 0.1) is 11.0 Å². The van der Waals surface area contributed by atoms with Gasteiger partial charge in [-0.05, 0) is 31.2 Å². The van der Waals surface area contributed by atoms with Crippen LogP contribution in [0.2, 0.25) is 0 Å². The van der Waals surface area contributed by atoms with E-state index in [1.165, 1.54) is 6.07 Å². The van der Waals surface area contributed by atoms with E-state index >= 15 is 0 Å². The Morgan fingerprint density at radius 2 is 2.16 bits per heavy atom. The van der Waals surface area contributed by atoms with E-state index in [1.54, 1.807) is 12.1 Å². The molecule has 0 saturated carbocycles. The first-order valence-electron chi connectivity index (χ1n) is 7.03. The zero-order valence-electron chi connectivity index (χ0n) is 11.9. The Bertz CT molecular complexity index is 548. The summed E-state index contributed by atoms with van der Waals surface area (Å²) in [7, 11) is 0. The number of aryl methyl sites for hydroxylation is 1. The van der Waals surface area contributed by atoms with E-state index in [0.29, 0.717) is 5.92 Å². The van der Waals surface area contributed by atoms with Gasteiger partial charge in [-0.2, -0.15) is 0 Å². The van der Waals surface area contributed by atoms with Crippen molar-refractivity contribution in [1.29, 1.82) is 0 Å². The van der Waals surface area contributed by atoms with Gasteiger partial charge in [-0.3, -0.25) is 0 Å². The third-order valence-corrected chi connectivity index (χ3v) is 3.33. The van der Waals surface area contributed by atoms with Gasteiger partial charge in [0.25, 0.3) is 0 Å². The van der Waals surface area contributed by atoms with Gasteiger partial charge in [0.15, 0.2) is 0 Å². The second kappa shape index (κ2) is 6.15. The predicted octanol–water partition coefficient (Wildman–Crippen LogP) is 3.30. The summed E-state index contributed by atoms with van der Waals surface area (Å²) in [5.74, 6) is 1.17. The maximum atomic E-state index is 13.4. The van der Waals surface area contributed by atoms with Gasteiger partial charge >= 0.3 is 0 Å². The standard InChI is InChI=1S/C15H22FN3/c1-4-8-19-14-9-12(16)6-7-13(14)18-15(19)11(3)10-17-5-2/h6-7,9,11,17H,4-5,8,10H2,1-3H3. The lowest BCUT2D eigenvalue weighted by atomic mass is 10.1. The normalized spacial score (nSPS) is 13.1. The molecule has 1 N–H and O–H groups in total. The van der Waals surface area contributed by atoms with Crippen molar-refractivity contribution in [3.8, 4) is 0 Å². The molecule has 4 heteroatoms. The molecule has 0 amide bonds. The monoisotopic (exact) mass is 263 g/mol. The van der Waals surface area contributed by atoms with Crippen LogP contribution in [0.4, 0.5) is 4.39 Å². The van der Waals surface area contributed by atoms with E-state index < -0.39 is 0 Å². The molecule has 1 unspecified atom stereocenters. The number of rotatable bonds is 6. The minimum Gasteiger partial charge on any atom is -0.328 e. The van der Waals surface area contributed by atoms with Gasteiger partial charge in [0, 0.05) is 19.0 Å². The molecular weight excluding hydrogens is 241 g/mol. The molecule has 1 aromatic heterocycles. The van der Waals surface area contributed by atoms with Crippen molar-refractivity contribution in [2.45, 2.75) is 39.7 Å². The highest BCUT2D eigenvalue weighted by molar-refractivity contribution is 5.76. The van der Waals surface area contributed by atoms with Gasteiger partial charge in [-0.15, -0.1) is 0 Å². The summed E-state index contributed by atoms with van der Waals surface area (Å²) in [6.45, 7) is 9.11. The highest BCUT2D eigenvalue weighted by Crippen LogP contribution is 2.23. The molecule has 3 nitrogen and oxygen atoms in total. The average Bonchev–Trinajstić information content (AvgIpc) is 2.75. The van der Waals surface area contributed by atoms with Crippen LogP contribution in [0.25, 0.3) is 11.0 Å². The summed E-state index contributed by atoms with van der Waals surface area (Å²) in [5.41, 5.74) is 1.79. The van der Waals surface area contributed by atoms with E-state index in [0.717, 1.165) is 42.9 Å². The molecule has 1 atom stereocenters. The van der Waals surface area contributed by atoms with Crippen LogP contribution in [-0.4, -0.2) is 22.6 Å². The molecule has 0 spiro atoms. The molecule has 0 aliphatic heterocycles. The Balaban J connectivity index is 2.43. The van der Waals surface area contributed by atoms with Crippen LogP contribution in [0.1, 0.15) is 38.9 Å². The molecule has 19 heavy (non-hydrogen) atoms. The van der Waals surface area contributed by atoms with Crippen LogP contribution >= 0.6 is 0 Å². The number of hydrogen-bond donors (Lipinski definition) is 1. The lowest BCUT2D eigenvalue weighted by Gasteiger charge is -2.14. The van der Waals surface area contributed by atoms with Crippen LogP contribution in [0.3, 0.4) is 0 Å². The van der Waals surface area contributed by atoms with Crippen molar-refractivity contribution in [1.82, 2.24) is 14.9 Å². The maximum absolute atomic E-state index is 13.4. The van der Waals surface area contributed by atoms with E-state index in [-0.39, 0.29) is 5.82 Å². The minimum absolute atomic E-state index is 0.198. The summed E-state index contributed by atoms with van der Waals surface area (Å²) in [5, 5.41) is 3.34. The number of nitrogens with zero attached hydrogens (tertiary/aromatic N) is 2. The summed E-state index contributed by atoms with van der Waals surface area (Å²) in [4.78, 5) is 4.68. The SMILES string of the molecule is CCCn1c(C(C)CNCC)nc2ccc(F)cc21. The van der Waals surface area contributed by atoms with E-state index in [1.807, 2.05) is 0 Å². The Morgan fingerprint density at radius 3 is 2.84 bits per heavy atom. The lowest BCUT2D eigenvalue weighted by molar-refractivity contribution is 0.562. The second-order valence-corrected chi connectivity index (χ2v) is 4.96. The molecule has 0 aliphatic rings. The second-order valence-electron chi connectivity index (χ2n) is 4.96. The molecule has 2 rings (SSSR count). The van der Waals surface area contributed by atoms with Crippen LogP contribution < -0.4 is 5.32 Å². The molecule has 0 saturated heterocycles. The molecule has 0 fully saturated rings. The van der Waals surface area contributed by atoms with Crippen LogP contribution in [-0.2, 0) is 6.54 Å². The number of halogens is 1. The van der Waals surface area contributed by atoms with Crippen molar-refractivity contribution < 1.29 is 4.39 Å².